The van der Waals surface area contributed by atoms with Crippen molar-refractivity contribution in [1.29, 1.82) is 0 Å². The van der Waals surface area contributed by atoms with Gasteiger partial charge in [-0.3, -0.25) is 9.71 Å². The van der Waals surface area contributed by atoms with Crippen molar-refractivity contribution in [3.05, 3.63) is 72.6 Å². The van der Waals surface area contributed by atoms with E-state index in [0.29, 0.717) is 16.8 Å². The maximum atomic E-state index is 12.8. The van der Waals surface area contributed by atoms with Gasteiger partial charge in [0.05, 0.1) is 18.1 Å². The maximum Gasteiger partial charge on any atom is 0.264 e. The van der Waals surface area contributed by atoms with E-state index in [1.807, 2.05) is 43.3 Å². The fourth-order valence-corrected chi connectivity index (χ4v) is 3.81. The third kappa shape index (κ3) is 4.01. The van der Waals surface area contributed by atoms with Crippen molar-refractivity contribution in [2.24, 2.45) is 0 Å². The second-order valence-electron chi connectivity index (χ2n) is 6.51. The van der Waals surface area contributed by atoms with E-state index in [1.165, 1.54) is 18.5 Å². The summed E-state index contributed by atoms with van der Waals surface area (Å²) in [5, 5.41) is 3.19. The van der Waals surface area contributed by atoms with E-state index in [4.69, 9.17) is 4.74 Å². The highest BCUT2D eigenvalue weighted by atomic mass is 32.2. The fraction of sp³-hybridized carbons (Fsp3) is 0.0952. The van der Waals surface area contributed by atoms with E-state index < -0.39 is 10.0 Å². The molecule has 0 amide bonds. The van der Waals surface area contributed by atoms with Gasteiger partial charge >= 0.3 is 0 Å². The fourth-order valence-electron chi connectivity index (χ4n) is 2.84. The van der Waals surface area contributed by atoms with Gasteiger partial charge in [0.15, 0.2) is 11.6 Å². The molecule has 152 valence electrons. The number of aromatic nitrogens is 3. The molecule has 0 spiro atoms. The molecule has 4 aromatic rings. The topological polar surface area (TPSA) is 106 Å². The van der Waals surface area contributed by atoms with Gasteiger partial charge in [-0.2, -0.15) is 0 Å². The molecule has 9 heteroatoms. The third-order valence-corrected chi connectivity index (χ3v) is 5.77. The van der Waals surface area contributed by atoms with Crippen molar-refractivity contribution < 1.29 is 13.2 Å². The molecule has 4 rings (SSSR count). The summed E-state index contributed by atoms with van der Waals surface area (Å²) < 4.78 is 33.5. The van der Waals surface area contributed by atoms with Gasteiger partial charge in [-0.05, 0) is 42.8 Å². The molecule has 0 radical (unpaired) electrons. The number of para-hydroxylation sites is 2. The lowest BCUT2D eigenvalue weighted by molar-refractivity contribution is 0.415. The Morgan fingerprint density at radius 3 is 2.33 bits per heavy atom. The van der Waals surface area contributed by atoms with Gasteiger partial charge in [0.1, 0.15) is 10.6 Å². The lowest BCUT2D eigenvalue weighted by Crippen LogP contribution is -2.16. The molecule has 0 bridgehead atoms. The standard InChI is InChI=1S/C21H19N5O3S/c1-14-9-10-15(29-2)12-19(14)25-20-21(24-18-8-4-3-7-17(18)23-20)26-30(27,28)16-6-5-11-22-13-16/h3-13H,1-2H3,(H,23,25)(H,24,26). The molecule has 0 atom stereocenters. The number of sulfonamides is 1. The minimum atomic E-state index is -3.90. The first kappa shape index (κ1) is 19.6. The average molecular weight is 421 g/mol. The van der Waals surface area contributed by atoms with Gasteiger partial charge in [-0.15, -0.1) is 0 Å². The van der Waals surface area contributed by atoms with Crippen LogP contribution in [0.15, 0.2) is 71.9 Å². The van der Waals surface area contributed by atoms with E-state index in [0.717, 1.165) is 11.3 Å². The van der Waals surface area contributed by atoms with Gasteiger partial charge in [0.2, 0.25) is 0 Å². The number of anilines is 3. The second kappa shape index (κ2) is 7.96. The number of nitrogens with one attached hydrogen (secondary N) is 2. The Morgan fingerprint density at radius 1 is 0.933 bits per heavy atom. The van der Waals surface area contributed by atoms with E-state index in [-0.39, 0.29) is 16.5 Å². The normalized spacial score (nSPS) is 11.3. The van der Waals surface area contributed by atoms with Gasteiger partial charge in [0.25, 0.3) is 10.0 Å². The summed E-state index contributed by atoms with van der Waals surface area (Å²) in [6, 6.07) is 15.8. The van der Waals surface area contributed by atoms with Crippen LogP contribution in [0.5, 0.6) is 5.75 Å². The van der Waals surface area contributed by atoms with Crippen molar-refractivity contribution in [1.82, 2.24) is 15.0 Å². The Labute approximate surface area is 174 Å². The van der Waals surface area contributed by atoms with Crippen molar-refractivity contribution in [3.8, 4) is 5.75 Å². The molecule has 0 aliphatic carbocycles. The van der Waals surface area contributed by atoms with Gasteiger partial charge in [-0.1, -0.05) is 18.2 Å². The number of hydrogen-bond donors (Lipinski definition) is 2. The van der Waals surface area contributed by atoms with Crippen LogP contribution in [0.4, 0.5) is 17.3 Å². The summed E-state index contributed by atoms with van der Waals surface area (Å²) in [5.74, 6) is 1.02. The van der Waals surface area contributed by atoms with Crippen LogP contribution in [0.2, 0.25) is 0 Å². The molecule has 2 N–H and O–H groups in total. The highest BCUT2D eigenvalue weighted by Gasteiger charge is 2.19. The first-order chi connectivity index (χ1) is 14.5. The van der Waals surface area contributed by atoms with Crippen molar-refractivity contribution >= 4 is 38.4 Å². The number of methoxy groups -OCH3 is 1. The van der Waals surface area contributed by atoms with E-state index >= 15 is 0 Å². The van der Waals surface area contributed by atoms with Crippen molar-refractivity contribution in [2.75, 3.05) is 17.1 Å². The van der Waals surface area contributed by atoms with Gasteiger partial charge < -0.3 is 10.1 Å². The van der Waals surface area contributed by atoms with Crippen LogP contribution >= 0.6 is 0 Å². The highest BCUT2D eigenvalue weighted by molar-refractivity contribution is 7.92. The Morgan fingerprint density at radius 2 is 1.67 bits per heavy atom. The lowest BCUT2D eigenvalue weighted by atomic mass is 10.2. The maximum absolute atomic E-state index is 12.8. The minimum Gasteiger partial charge on any atom is -0.497 e. The number of benzene rings is 2. The molecule has 8 nitrogen and oxygen atoms in total. The number of fused-ring (bicyclic) bond motifs is 1. The molecule has 0 aliphatic rings. The number of rotatable bonds is 6. The summed E-state index contributed by atoms with van der Waals surface area (Å²) in [4.78, 5) is 13.0. The van der Waals surface area contributed by atoms with Crippen LogP contribution in [0.1, 0.15) is 5.56 Å². The summed E-state index contributed by atoms with van der Waals surface area (Å²) in [6.07, 6.45) is 2.78. The first-order valence-electron chi connectivity index (χ1n) is 9.07. The SMILES string of the molecule is COc1ccc(C)c(Nc2nc3ccccc3nc2NS(=O)(=O)c2cccnc2)c1. The Balaban J connectivity index is 1.80. The van der Waals surface area contributed by atoms with Gasteiger partial charge in [0, 0.05) is 24.1 Å². The quantitative estimate of drug-likeness (QED) is 0.486. The molecule has 0 saturated carbocycles. The number of hydrogen-bond acceptors (Lipinski definition) is 7. The highest BCUT2D eigenvalue weighted by Crippen LogP contribution is 2.30. The number of ether oxygens (including phenoxy) is 1. The largest absolute Gasteiger partial charge is 0.497 e. The summed E-state index contributed by atoms with van der Waals surface area (Å²) in [6.45, 7) is 1.93. The number of aryl methyl sites for hydroxylation is 1. The van der Waals surface area contributed by atoms with Crippen molar-refractivity contribution in [3.63, 3.8) is 0 Å². The summed E-state index contributed by atoms with van der Waals surface area (Å²) in [5.41, 5.74) is 2.85. The zero-order chi connectivity index (χ0) is 21.1. The Kier molecular flexibility index (Phi) is 5.20. The molecule has 2 aromatic carbocycles. The molecule has 2 aromatic heterocycles. The molecular formula is C21H19N5O3S. The summed E-state index contributed by atoms with van der Waals surface area (Å²) in [7, 11) is -2.32. The van der Waals surface area contributed by atoms with Crippen LogP contribution in [-0.4, -0.2) is 30.5 Å². The zero-order valence-corrected chi connectivity index (χ0v) is 17.1. The third-order valence-electron chi connectivity index (χ3n) is 4.44. The first-order valence-corrected chi connectivity index (χ1v) is 10.6. The van der Waals surface area contributed by atoms with E-state index in [1.54, 1.807) is 19.2 Å². The Hall–Kier alpha value is -3.72. The average Bonchev–Trinajstić information content (AvgIpc) is 2.76. The predicted molar refractivity (Wildman–Crippen MR) is 116 cm³/mol. The smallest absolute Gasteiger partial charge is 0.264 e. The van der Waals surface area contributed by atoms with Crippen LogP contribution in [0.3, 0.4) is 0 Å². The minimum absolute atomic E-state index is 0.0310. The number of nitrogens with zero attached hydrogens (tertiary/aromatic N) is 3. The molecule has 0 unspecified atom stereocenters. The van der Waals surface area contributed by atoms with E-state index in [9.17, 15) is 8.42 Å². The molecule has 0 aliphatic heterocycles. The van der Waals surface area contributed by atoms with Crippen molar-refractivity contribution in [2.45, 2.75) is 11.8 Å². The molecular weight excluding hydrogens is 402 g/mol. The molecule has 2 heterocycles. The lowest BCUT2D eigenvalue weighted by Gasteiger charge is -2.15. The monoisotopic (exact) mass is 421 g/mol. The zero-order valence-electron chi connectivity index (χ0n) is 16.3. The number of pyridine rings is 1. The summed E-state index contributed by atoms with van der Waals surface area (Å²) >= 11 is 0. The van der Waals surface area contributed by atoms with Crippen LogP contribution < -0.4 is 14.8 Å². The van der Waals surface area contributed by atoms with Gasteiger partial charge in [-0.25, -0.2) is 18.4 Å². The van der Waals surface area contributed by atoms with Crippen LogP contribution in [0, 0.1) is 6.92 Å². The second-order valence-corrected chi connectivity index (χ2v) is 8.19. The molecule has 30 heavy (non-hydrogen) atoms. The van der Waals surface area contributed by atoms with Crippen LogP contribution in [0.25, 0.3) is 11.0 Å². The van der Waals surface area contributed by atoms with Crippen LogP contribution in [-0.2, 0) is 10.0 Å². The molecule has 0 fully saturated rings. The van der Waals surface area contributed by atoms with E-state index in [2.05, 4.69) is 25.0 Å². The predicted octanol–water partition coefficient (Wildman–Crippen LogP) is 3.89. The molecule has 0 saturated heterocycles. The Bertz CT molecular complexity index is 1310.